The smallest absolute Gasteiger partial charge is 0.0488 e. The summed E-state index contributed by atoms with van der Waals surface area (Å²) in [6.07, 6.45) is 0. The Kier molecular flexibility index (Phi) is 9.89. The van der Waals surface area contributed by atoms with Gasteiger partial charge in [0.1, 0.15) is 0 Å². The van der Waals surface area contributed by atoms with Crippen LogP contribution >= 0.6 is 0 Å². The van der Waals surface area contributed by atoms with Crippen LogP contribution in [0.1, 0.15) is 0 Å². The van der Waals surface area contributed by atoms with Gasteiger partial charge in [0.15, 0.2) is 0 Å². The minimum atomic E-state index is 1.06. The molecule has 0 bridgehead atoms. The van der Waals surface area contributed by atoms with E-state index in [-0.39, 0.29) is 0 Å². The molecule has 3 nitrogen and oxygen atoms in total. The predicted molar refractivity (Wildman–Crippen MR) is 268 cm³/mol. The number of nitrogens with zero attached hydrogens (tertiary/aromatic N) is 3. The fourth-order valence-corrected chi connectivity index (χ4v) is 9.09. The largest absolute Gasteiger partial charge is 0.310 e. The zero-order valence-corrected chi connectivity index (χ0v) is 34.7. The van der Waals surface area contributed by atoms with Gasteiger partial charge in [-0.3, -0.25) is 0 Å². The maximum absolute atomic E-state index is 2.40. The summed E-state index contributed by atoms with van der Waals surface area (Å²) < 4.78 is 0. The van der Waals surface area contributed by atoms with Crippen molar-refractivity contribution in [2.75, 3.05) is 14.7 Å². The Balaban J connectivity index is 1.13. The van der Waals surface area contributed by atoms with Crippen molar-refractivity contribution in [1.82, 2.24) is 0 Å². The van der Waals surface area contributed by atoms with Crippen LogP contribution in [0.15, 0.2) is 261 Å². The molecule has 0 aliphatic heterocycles. The zero-order valence-electron chi connectivity index (χ0n) is 34.7. The Morgan fingerprint density at radius 2 is 0.460 bits per heavy atom. The van der Waals surface area contributed by atoms with E-state index in [9.17, 15) is 0 Å². The Morgan fingerprint density at radius 1 is 0.159 bits per heavy atom. The molecule has 0 saturated carbocycles. The van der Waals surface area contributed by atoms with E-state index in [0.29, 0.717) is 0 Å². The highest BCUT2D eigenvalue weighted by molar-refractivity contribution is 6.26. The molecule has 0 aliphatic rings. The second kappa shape index (κ2) is 16.6. The Bertz CT molecular complexity index is 3080. The molecule has 11 aromatic rings. The molecule has 0 heterocycles. The van der Waals surface area contributed by atoms with Crippen molar-refractivity contribution in [1.29, 1.82) is 0 Å². The van der Waals surface area contributed by atoms with Gasteiger partial charge in [-0.05, 0) is 153 Å². The van der Waals surface area contributed by atoms with Crippen molar-refractivity contribution < 1.29 is 0 Å². The molecule has 0 unspecified atom stereocenters. The first kappa shape index (κ1) is 37.6. The molecule has 0 fully saturated rings. The summed E-state index contributed by atoms with van der Waals surface area (Å²) >= 11 is 0. The van der Waals surface area contributed by atoms with Gasteiger partial charge in [-0.15, -0.1) is 0 Å². The molecular formula is C60H43N3. The third kappa shape index (κ3) is 7.22. The number of hydrogen-bond acceptors (Lipinski definition) is 3. The molecule has 0 radical (unpaired) electrons. The van der Waals surface area contributed by atoms with Crippen LogP contribution in [-0.4, -0.2) is 0 Å². The molecule has 0 aromatic heterocycles. The summed E-state index contributed by atoms with van der Waals surface area (Å²) in [6.45, 7) is 0. The van der Waals surface area contributed by atoms with Crippen LogP contribution in [0, 0.1) is 0 Å². The van der Waals surface area contributed by atoms with Gasteiger partial charge in [-0.2, -0.15) is 0 Å². The number of hydrogen-bond donors (Lipinski definition) is 0. The molecule has 0 N–H and O–H groups in total. The van der Waals surface area contributed by atoms with Gasteiger partial charge in [-0.25, -0.2) is 0 Å². The quantitative estimate of drug-likeness (QED) is 0.128. The van der Waals surface area contributed by atoms with Gasteiger partial charge in [0.25, 0.3) is 0 Å². The fourth-order valence-electron chi connectivity index (χ4n) is 9.09. The highest BCUT2D eigenvalue weighted by Gasteiger charge is 2.21. The fraction of sp³-hybridized carbons (Fsp3) is 0. The Labute approximate surface area is 368 Å². The molecule has 0 atom stereocenters. The van der Waals surface area contributed by atoms with Gasteiger partial charge in [0.2, 0.25) is 0 Å². The van der Waals surface area contributed by atoms with Crippen molar-refractivity contribution in [3.63, 3.8) is 0 Å². The molecular weight excluding hydrogens is 763 g/mol. The lowest BCUT2D eigenvalue weighted by Gasteiger charge is -2.30. The molecule has 3 heteroatoms. The summed E-state index contributed by atoms with van der Waals surface area (Å²) in [7, 11) is 0. The molecule has 0 spiro atoms. The number of anilines is 9. The topological polar surface area (TPSA) is 9.72 Å². The second-order valence-electron chi connectivity index (χ2n) is 15.8. The van der Waals surface area contributed by atoms with Gasteiger partial charge < -0.3 is 14.7 Å². The van der Waals surface area contributed by atoms with E-state index in [1.54, 1.807) is 0 Å². The van der Waals surface area contributed by atoms with Gasteiger partial charge in [0, 0.05) is 51.2 Å². The lowest BCUT2D eigenvalue weighted by molar-refractivity contribution is 1.25. The van der Waals surface area contributed by atoms with Crippen molar-refractivity contribution >= 4 is 83.5 Å². The van der Waals surface area contributed by atoms with E-state index in [1.807, 2.05) is 0 Å². The van der Waals surface area contributed by atoms with Gasteiger partial charge in [0.05, 0.1) is 0 Å². The summed E-state index contributed by atoms with van der Waals surface area (Å²) in [5, 5.41) is 7.37. The van der Waals surface area contributed by atoms with Crippen LogP contribution in [0.2, 0.25) is 0 Å². The SMILES string of the molecule is c1ccc(N(c2ccccc2)c2cc(-c3ccc4c5ccc(N(c6ccccc6)c6ccccc6)cc5c5ccccc5c4c3)cc(N(c3ccccc3)c3ccccc3)c2)cc1. The molecule has 63 heavy (non-hydrogen) atoms. The molecule has 0 amide bonds. The highest BCUT2D eigenvalue weighted by atomic mass is 15.2. The molecule has 11 rings (SSSR count). The number of rotatable bonds is 10. The van der Waals surface area contributed by atoms with Crippen LogP contribution in [-0.2, 0) is 0 Å². The lowest BCUT2D eigenvalue weighted by Crippen LogP contribution is -2.13. The van der Waals surface area contributed by atoms with Crippen LogP contribution < -0.4 is 14.7 Å². The normalized spacial score (nSPS) is 11.2. The number of para-hydroxylation sites is 6. The monoisotopic (exact) mass is 805 g/mol. The van der Waals surface area contributed by atoms with Crippen molar-refractivity contribution in [2.24, 2.45) is 0 Å². The third-order valence-electron chi connectivity index (χ3n) is 11.9. The van der Waals surface area contributed by atoms with E-state index in [1.165, 1.54) is 32.3 Å². The summed E-state index contributed by atoms with van der Waals surface area (Å²) in [4.78, 5) is 7.06. The molecule has 298 valence electrons. The van der Waals surface area contributed by atoms with Gasteiger partial charge >= 0.3 is 0 Å². The summed E-state index contributed by atoms with van der Waals surface area (Å²) in [5.74, 6) is 0. The van der Waals surface area contributed by atoms with E-state index >= 15 is 0 Å². The van der Waals surface area contributed by atoms with Crippen LogP contribution in [0.3, 0.4) is 0 Å². The van der Waals surface area contributed by atoms with E-state index < -0.39 is 0 Å². The predicted octanol–water partition coefficient (Wildman–Crippen LogP) is 17.2. The lowest BCUT2D eigenvalue weighted by atomic mass is 9.91. The first-order chi connectivity index (χ1) is 31.3. The summed E-state index contributed by atoms with van der Waals surface area (Å²) in [5.41, 5.74) is 12.1. The average molecular weight is 806 g/mol. The maximum Gasteiger partial charge on any atom is 0.0488 e. The first-order valence-electron chi connectivity index (χ1n) is 21.5. The number of benzene rings is 11. The van der Waals surface area contributed by atoms with Gasteiger partial charge in [-0.1, -0.05) is 152 Å². The van der Waals surface area contributed by atoms with Crippen molar-refractivity contribution in [3.8, 4) is 11.1 Å². The van der Waals surface area contributed by atoms with Crippen LogP contribution in [0.5, 0.6) is 0 Å². The average Bonchev–Trinajstić information content (AvgIpc) is 3.36. The highest BCUT2D eigenvalue weighted by Crippen LogP contribution is 2.45. The molecule has 0 saturated heterocycles. The minimum absolute atomic E-state index is 1.06. The van der Waals surface area contributed by atoms with E-state index in [0.717, 1.165) is 62.3 Å². The van der Waals surface area contributed by atoms with Crippen molar-refractivity contribution in [2.45, 2.75) is 0 Å². The van der Waals surface area contributed by atoms with Crippen LogP contribution in [0.4, 0.5) is 51.2 Å². The third-order valence-corrected chi connectivity index (χ3v) is 11.9. The second-order valence-corrected chi connectivity index (χ2v) is 15.8. The Hall–Kier alpha value is -8.40. The van der Waals surface area contributed by atoms with Crippen molar-refractivity contribution in [3.05, 3.63) is 261 Å². The molecule has 0 aliphatic carbocycles. The summed E-state index contributed by atoms with van der Waals surface area (Å²) in [6, 6.07) is 93.8. The van der Waals surface area contributed by atoms with Crippen LogP contribution in [0.25, 0.3) is 43.4 Å². The standard InChI is InChI=1S/C60H43N3/c1-7-21-46(22-8-1)61(47-23-9-2-10-24-47)52-36-38-58-57-37-35-44(41-59(57)55-33-19-20-34-56(55)60(58)43-52)45-39-53(62(48-25-11-3-12-26-48)49-27-13-4-14-28-49)42-54(40-45)63(50-29-15-5-16-30-50)51-31-17-6-18-32-51/h1-43H. The van der Waals surface area contributed by atoms with E-state index in [2.05, 4.69) is 276 Å². The zero-order chi connectivity index (χ0) is 42.0. The Morgan fingerprint density at radius 3 is 0.841 bits per heavy atom. The number of fused-ring (bicyclic) bond motifs is 6. The van der Waals surface area contributed by atoms with E-state index in [4.69, 9.17) is 0 Å². The molecule has 11 aromatic carbocycles. The maximum atomic E-state index is 2.40. The minimum Gasteiger partial charge on any atom is -0.310 e. The first-order valence-corrected chi connectivity index (χ1v) is 21.5.